The molecule has 160 valence electrons. The summed E-state index contributed by atoms with van der Waals surface area (Å²) in [5.41, 5.74) is 4.21. The summed E-state index contributed by atoms with van der Waals surface area (Å²) in [6.45, 7) is 1.30. The molecule has 0 saturated heterocycles. The lowest BCUT2D eigenvalue weighted by Crippen LogP contribution is -2.45. The molecule has 0 atom stereocenters. The molecule has 0 radical (unpaired) electrons. The second-order valence-corrected chi connectivity index (χ2v) is 9.86. The van der Waals surface area contributed by atoms with Crippen LogP contribution >= 0.6 is 27.7 Å². The second-order valence-electron chi connectivity index (χ2n) is 7.86. The summed E-state index contributed by atoms with van der Waals surface area (Å²) >= 11 is 4.94. The minimum atomic E-state index is -0.139. The van der Waals surface area contributed by atoms with Gasteiger partial charge in [-0.3, -0.25) is 14.5 Å². The molecule has 0 saturated carbocycles. The third kappa shape index (κ3) is 4.25. The molecule has 0 spiro atoms. The lowest BCUT2D eigenvalue weighted by molar-refractivity contribution is -0.131. The fraction of sp³-hybridized carbons (Fsp3) is 0.154. The number of nitrogens with zero attached hydrogens (tertiary/aromatic N) is 2. The minimum Gasteiger partial charge on any atom is -0.336 e. The van der Waals surface area contributed by atoms with Crippen molar-refractivity contribution >= 4 is 51.3 Å². The summed E-state index contributed by atoms with van der Waals surface area (Å²) in [7, 11) is 0. The van der Waals surface area contributed by atoms with Gasteiger partial charge in [0, 0.05) is 22.5 Å². The summed E-state index contributed by atoms with van der Waals surface area (Å²) < 4.78 is 0.956. The van der Waals surface area contributed by atoms with Gasteiger partial charge in [0.2, 0.25) is 5.91 Å². The molecule has 4 nitrogen and oxygen atoms in total. The van der Waals surface area contributed by atoms with Crippen molar-refractivity contribution in [1.82, 2.24) is 4.90 Å². The average molecular weight is 505 g/mol. The van der Waals surface area contributed by atoms with E-state index < -0.39 is 0 Å². The van der Waals surface area contributed by atoms with Crippen LogP contribution in [0.1, 0.15) is 16.7 Å². The molecule has 3 aromatic carbocycles. The molecule has 32 heavy (non-hydrogen) atoms. The molecule has 0 unspecified atom stereocenters. The van der Waals surface area contributed by atoms with Gasteiger partial charge in [0.15, 0.2) is 0 Å². The van der Waals surface area contributed by atoms with Crippen LogP contribution in [0.2, 0.25) is 0 Å². The Balaban J connectivity index is 1.42. The molecule has 0 N–H and O–H groups in total. The van der Waals surface area contributed by atoms with Crippen molar-refractivity contribution in [3.63, 3.8) is 0 Å². The molecule has 2 aliphatic rings. The van der Waals surface area contributed by atoms with Crippen LogP contribution in [0.4, 0.5) is 5.69 Å². The van der Waals surface area contributed by atoms with Crippen molar-refractivity contribution in [2.45, 2.75) is 17.9 Å². The van der Waals surface area contributed by atoms with E-state index in [0.717, 1.165) is 27.0 Å². The standard InChI is InChI=1S/C26H21BrN2O2S/c27-21-9-5-6-18(14-21)15-24-26(31)29(22-10-3-4-11-23(22)32-24)17-25(30)28-13-12-19-7-1-2-8-20(19)16-28/h1-11,14-15H,12-13,16-17H2. The normalized spacial score (nSPS) is 16.7. The molecule has 3 aromatic rings. The Kier molecular flexibility index (Phi) is 5.89. The van der Waals surface area contributed by atoms with Gasteiger partial charge in [0.1, 0.15) is 6.54 Å². The van der Waals surface area contributed by atoms with E-state index >= 15 is 0 Å². The van der Waals surface area contributed by atoms with Crippen LogP contribution in [-0.2, 0) is 22.6 Å². The van der Waals surface area contributed by atoms with Crippen LogP contribution in [0, 0.1) is 0 Å². The maximum atomic E-state index is 13.4. The van der Waals surface area contributed by atoms with Gasteiger partial charge in [-0.1, -0.05) is 76.2 Å². The van der Waals surface area contributed by atoms with E-state index in [0.29, 0.717) is 18.0 Å². The van der Waals surface area contributed by atoms with Crippen molar-refractivity contribution in [2.24, 2.45) is 0 Å². The fourth-order valence-corrected chi connectivity index (χ4v) is 5.59. The molecule has 2 heterocycles. The van der Waals surface area contributed by atoms with Crippen molar-refractivity contribution in [2.75, 3.05) is 18.0 Å². The smallest absolute Gasteiger partial charge is 0.265 e. The Labute approximate surface area is 200 Å². The monoisotopic (exact) mass is 504 g/mol. The Hall–Kier alpha value is -2.83. The zero-order valence-electron chi connectivity index (χ0n) is 17.3. The fourth-order valence-electron chi connectivity index (χ4n) is 4.11. The first kappa shape index (κ1) is 21.0. The number of carbonyl (C=O) groups is 2. The first-order valence-electron chi connectivity index (χ1n) is 10.5. The van der Waals surface area contributed by atoms with Gasteiger partial charge in [0.25, 0.3) is 5.91 Å². The minimum absolute atomic E-state index is 0.0311. The molecule has 6 heteroatoms. The van der Waals surface area contributed by atoms with E-state index in [9.17, 15) is 9.59 Å². The highest BCUT2D eigenvalue weighted by atomic mass is 79.9. The van der Waals surface area contributed by atoms with Crippen molar-refractivity contribution < 1.29 is 9.59 Å². The number of carbonyl (C=O) groups excluding carboxylic acids is 2. The third-order valence-electron chi connectivity index (χ3n) is 5.76. The number of hydrogen-bond donors (Lipinski definition) is 0. The average Bonchev–Trinajstić information content (AvgIpc) is 2.81. The lowest BCUT2D eigenvalue weighted by atomic mass is 10.00. The number of thioether (sulfide) groups is 1. The van der Waals surface area contributed by atoms with Crippen LogP contribution < -0.4 is 4.90 Å². The molecule has 0 bridgehead atoms. The highest BCUT2D eigenvalue weighted by molar-refractivity contribution is 9.10. The summed E-state index contributed by atoms with van der Waals surface area (Å²) in [4.78, 5) is 31.8. The number of fused-ring (bicyclic) bond motifs is 2. The summed E-state index contributed by atoms with van der Waals surface area (Å²) in [5.74, 6) is -0.171. The molecule has 2 aliphatic heterocycles. The molecule has 0 aromatic heterocycles. The van der Waals surface area contributed by atoms with Gasteiger partial charge in [0.05, 0.1) is 10.6 Å². The Morgan fingerprint density at radius 2 is 1.78 bits per heavy atom. The van der Waals surface area contributed by atoms with Gasteiger partial charge in [-0.15, -0.1) is 0 Å². The number of halogens is 1. The van der Waals surface area contributed by atoms with Crippen molar-refractivity contribution in [3.05, 3.63) is 98.9 Å². The van der Waals surface area contributed by atoms with E-state index in [2.05, 4.69) is 28.1 Å². The number of hydrogen-bond acceptors (Lipinski definition) is 3. The second kappa shape index (κ2) is 8.96. The zero-order valence-corrected chi connectivity index (χ0v) is 19.7. The van der Waals surface area contributed by atoms with Crippen LogP contribution in [0.15, 0.2) is 87.1 Å². The number of benzene rings is 3. The molecule has 2 amide bonds. The lowest BCUT2D eigenvalue weighted by Gasteiger charge is -2.34. The van der Waals surface area contributed by atoms with Crippen LogP contribution in [-0.4, -0.2) is 29.8 Å². The van der Waals surface area contributed by atoms with Gasteiger partial charge in [-0.25, -0.2) is 0 Å². The zero-order chi connectivity index (χ0) is 22.1. The van der Waals surface area contributed by atoms with Gasteiger partial charge in [-0.2, -0.15) is 0 Å². The van der Waals surface area contributed by atoms with Gasteiger partial charge in [-0.05, 0) is 53.5 Å². The maximum absolute atomic E-state index is 13.4. The van der Waals surface area contributed by atoms with E-state index in [1.807, 2.05) is 71.6 Å². The van der Waals surface area contributed by atoms with Crippen molar-refractivity contribution in [1.29, 1.82) is 0 Å². The number of amides is 2. The predicted molar refractivity (Wildman–Crippen MR) is 132 cm³/mol. The topological polar surface area (TPSA) is 40.6 Å². The first-order chi connectivity index (χ1) is 15.6. The Bertz CT molecular complexity index is 1240. The summed E-state index contributed by atoms with van der Waals surface area (Å²) in [6, 6.07) is 23.9. The SMILES string of the molecule is O=C(CN1C(=O)C(=Cc2cccc(Br)c2)Sc2ccccc21)N1CCc2ccccc2C1. The largest absolute Gasteiger partial charge is 0.336 e. The maximum Gasteiger partial charge on any atom is 0.265 e. The third-order valence-corrected chi connectivity index (χ3v) is 7.33. The predicted octanol–water partition coefficient (Wildman–Crippen LogP) is 5.51. The molecular formula is C26H21BrN2O2S. The van der Waals surface area contributed by atoms with Crippen LogP contribution in [0.3, 0.4) is 0 Å². The van der Waals surface area contributed by atoms with E-state index in [1.54, 1.807) is 4.90 Å². The molecule has 0 aliphatic carbocycles. The van der Waals surface area contributed by atoms with Crippen molar-refractivity contribution in [3.8, 4) is 0 Å². The molecule has 5 rings (SSSR count). The van der Waals surface area contributed by atoms with E-state index in [4.69, 9.17) is 0 Å². The highest BCUT2D eigenvalue weighted by Gasteiger charge is 2.32. The van der Waals surface area contributed by atoms with Crippen LogP contribution in [0.25, 0.3) is 6.08 Å². The van der Waals surface area contributed by atoms with E-state index in [-0.39, 0.29) is 18.4 Å². The number of para-hydroxylation sites is 1. The van der Waals surface area contributed by atoms with Gasteiger partial charge >= 0.3 is 0 Å². The van der Waals surface area contributed by atoms with Gasteiger partial charge < -0.3 is 4.90 Å². The first-order valence-corrected chi connectivity index (χ1v) is 12.1. The summed E-state index contributed by atoms with van der Waals surface area (Å²) in [6.07, 6.45) is 2.73. The highest BCUT2D eigenvalue weighted by Crippen LogP contribution is 2.42. The Morgan fingerprint density at radius 1 is 1.00 bits per heavy atom. The summed E-state index contributed by atoms with van der Waals surface area (Å²) in [5, 5.41) is 0. The molecule has 0 fully saturated rings. The van der Waals surface area contributed by atoms with E-state index in [1.165, 1.54) is 22.9 Å². The Morgan fingerprint density at radius 3 is 2.62 bits per heavy atom. The number of anilines is 1. The van der Waals surface area contributed by atoms with Crippen LogP contribution in [0.5, 0.6) is 0 Å². The number of rotatable bonds is 3. The molecular weight excluding hydrogens is 484 g/mol. The quantitative estimate of drug-likeness (QED) is 0.441.